The molecule has 10 heavy (non-hydrogen) atoms. The van der Waals surface area contributed by atoms with Crippen LogP contribution in [-0.4, -0.2) is 23.8 Å². The Morgan fingerprint density at radius 1 is 1.70 bits per heavy atom. The molecule has 0 bridgehead atoms. The molecule has 0 radical (unpaired) electrons. The predicted molar refractivity (Wildman–Crippen MR) is 35.8 cm³/mol. The van der Waals surface area contributed by atoms with Gasteiger partial charge in [0.2, 0.25) is 0 Å². The average Bonchev–Trinajstić information content (AvgIpc) is 1.79. The van der Waals surface area contributed by atoms with Crippen molar-refractivity contribution in [1.29, 1.82) is 0 Å². The van der Waals surface area contributed by atoms with E-state index in [-0.39, 0.29) is 0 Å². The molecule has 1 rings (SSSR count). The lowest BCUT2D eigenvalue weighted by Crippen LogP contribution is -2.51. The lowest BCUT2D eigenvalue weighted by Gasteiger charge is -2.41. The molecular formula is C7H12O3. The molecule has 0 aliphatic heterocycles. The molecule has 0 aromatic carbocycles. The van der Waals surface area contributed by atoms with Crippen LogP contribution in [0.3, 0.4) is 0 Å². The largest absolute Gasteiger partial charge is 0.479 e. The maximum atomic E-state index is 10.6. The van der Waals surface area contributed by atoms with Crippen molar-refractivity contribution in [3.63, 3.8) is 0 Å². The van der Waals surface area contributed by atoms with Crippen molar-refractivity contribution in [1.82, 2.24) is 0 Å². The first-order chi connectivity index (χ1) is 4.60. The number of carboxylic acids is 1. The van der Waals surface area contributed by atoms with Crippen LogP contribution in [-0.2, 0) is 9.53 Å². The molecule has 1 saturated carbocycles. The van der Waals surface area contributed by atoms with Crippen LogP contribution in [0.15, 0.2) is 0 Å². The number of hydrogen-bond donors (Lipinski definition) is 1. The van der Waals surface area contributed by atoms with Crippen LogP contribution in [0.2, 0.25) is 0 Å². The Balaban J connectivity index is 2.56. The summed E-state index contributed by atoms with van der Waals surface area (Å²) in [7, 11) is 1.46. The van der Waals surface area contributed by atoms with Gasteiger partial charge in [-0.25, -0.2) is 4.79 Å². The Hall–Kier alpha value is -0.570. The fourth-order valence-electron chi connectivity index (χ4n) is 1.49. The van der Waals surface area contributed by atoms with E-state index >= 15 is 0 Å². The van der Waals surface area contributed by atoms with Crippen LogP contribution < -0.4 is 0 Å². The maximum absolute atomic E-state index is 10.6. The molecule has 3 nitrogen and oxygen atoms in total. The van der Waals surface area contributed by atoms with Gasteiger partial charge in [-0.2, -0.15) is 0 Å². The third kappa shape index (κ3) is 0.904. The Bertz CT molecular complexity index is 147. The van der Waals surface area contributed by atoms with E-state index in [2.05, 4.69) is 0 Å². The molecule has 1 N–H and O–H groups in total. The second-order valence-corrected chi connectivity index (χ2v) is 3.02. The van der Waals surface area contributed by atoms with Gasteiger partial charge in [0.05, 0.1) is 0 Å². The lowest BCUT2D eigenvalue weighted by molar-refractivity contribution is -0.179. The van der Waals surface area contributed by atoms with Crippen LogP contribution in [0.5, 0.6) is 0 Å². The third-order valence-corrected chi connectivity index (χ3v) is 2.14. The van der Waals surface area contributed by atoms with E-state index in [0.29, 0.717) is 18.8 Å². The fourth-order valence-corrected chi connectivity index (χ4v) is 1.49. The molecule has 1 aliphatic carbocycles. The number of ether oxygens (including phenoxy) is 1. The van der Waals surface area contributed by atoms with Gasteiger partial charge in [0.25, 0.3) is 0 Å². The molecule has 3 heteroatoms. The minimum atomic E-state index is -0.848. The summed E-state index contributed by atoms with van der Waals surface area (Å²) in [5.41, 5.74) is -0.848. The molecule has 0 aromatic heterocycles. The zero-order chi connectivity index (χ0) is 7.78. The number of hydrogen-bond acceptors (Lipinski definition) is 2. The van der Waals surface area contributed by atoms with Crippen molar-refractivity contribution in [2.45, 2.75) is 25.4 Å². The Morgan fingerprint density at radius 3 is 2.30 bits per heavy atom. The number of rotatable bonds is 2. The van der Waals surface area contributed by atoms with Gasteiger partial charge in [-0.05, 0) is 18.8 Å². The quantitative estimate of drug-likeness (QED) is 0.626. The van der Waals surface area contributed by atoms with E-state index in [9.17, 15) is 4.79 Å². The molecule has 0 unspecified atom stereocenters. The standard InChI is InChI=1S/C7H12O3/c1-5-3-7(4-5,10-2)6(8)9/h5H,3-4H2,1-2H3,(H,8,9). The van der Waals surface area contributed by atoms with Crippen LogP contribution in [0.25, 0.3) is 0 Å². The van der Waals surface area contributed by atoms with Gasteiger partial charge in [0.1, 0.15) is 0 Å². The second-order valence-electron chi connectivity index (χ2n) is 3.02. The van der Waals surface area contributed by atoms with Crippen LogP contribution in [0, 0.1) is 5.92 Å². The van der Waals surface area contributed by atoms with Gasteiger partial charge in [-0.3, -0.25) is 0 Å². The van der Waals surface area contributed by atoms with E-state index in [4.69, 9.17) is 9.84 Å². The number of methoxy groups -OCH3 is 1. The zero-order valence-corrected chi connectivity index (χ0v) is 6.26. The lowest BCUT2D eigenvalue weighted by atomic mass is 9.72. The first-order valence-corrected chi connectivity index (χ1v) is 3.39. The summed E-state index contributed by atoms with van der Waals surface area (Å²) in [5, 5.41) is 8.68. The highest BCUT2D eigenvalue weighted by atomic mass is 16.5. The van der Waals surface area contributed by atoms with E-state index in [1.54, 1.807) is 0 Å². The highest BCUT2D eigenvalue weighted by Crippen LogP contribution is 2.40. The number of carboxylic acid groups (broad SMARTS) is 1. The van der Waals surface area contributed by atoms with Crippen molar-refractivity contribution < 1.29 is 14.6 Å². The molecular weight excluding hydrogens is 132 g/mol. The van der Waals surface area contributed by atoms with Crippen LogP contribution in [0.1, 0.15) is 19.8 Å². The molecule has 0 aromatic rings. The van der Waals surface area contributed by atoms with Gasteiger partial charge in [-0.15, -0.1) is 0 Å². The second kappa shape index (κ2) is 2.23. The molecule has 0 saturated heterocycles. The van der Waals surface area contributed by atoms with Gasteiger partial charge >= 0.3 is 5.97 Å². The third-order valence-electron chi connectivity index (χ3n) is 2.14. The SMILES string of the molecule is COC1(C(=O)O)CC(C)C1. The van der Waals surface area contributed by atoms with Gasteiger partial charge in [-0.1, -0.05) is 6.92 Å². The van der Waals surface area contributed by atoms with Crippen molar-refractivity contribution in [3.8, 4) is 0 Å². The highest BCUT2D eigenvalue weighted by Gasteiger charge is 2.49. The van der Waals surface area contributed by atoms with Crippen molar-refractivity contribution in [2.75, 3.05) is 7.11 Å². The fraction of sp³-hybridized carbons (Fsp3) is 0.857. The van der Waals surface area contributed by atoms with Crippen molar-refractivity contribution in [2.24, 2.45) is 5.92 Å². The van der Waals surface area contributed by atoms with Gasteiger partial charge in [0.15, 0.2) is 5.60 Å². The molecule has 1 fully saturated rings. The smallest absolute Gasteiger partial charge is 0.335 e. The summed E-state index contributed by atoms with van der Waals surface area (Å²) in [6, 6.07) is 0. The zero-order valence-electron chi connectivity index (χ0n) is 6.26. The summed E-state index contributed by atoms with van der Waals surface area (Å²) in [6.07, 6.45) is 1.30. The topological polar surface area (TPSA) is 46.5 Å². The van der Waals surface area contributed by atoms with Crippen LogP contribution >= 0.6 is 0 Å². The first-order valence-electron chi connectivity index (χ1n) is 3.39. The van der Waals surface area contributed by atoms with E-state index in [1.165, 1.54) is 7.11 Å². The molecule has 1 aliphatic rings. The monoisotopic (exact) mass is 144 g/mol. The molecule has 0 atom stereocenters. The summed E-state index contributed by atoms with van der Waals surface area (Å²) in [5.74, 6) is -0.329. The summed E-state index contributed by atoms with van der Waals surface area (Å²) < 4.78 is 4.91. The van der Waals surface area contributed by atoms with Gasteiger partial charge in [0, 0.05) is 7.11 Å². The predicted octanol–water partition coefficient (Wildman–Crippen LogP) is 0.886. The summed E-state index contributed by atoms with van der Waals surface area (Å²) in [6.45, 7) is 2.03. The number of carbonyl (C=O) groups is 1. The van der Waals surface area contributed by atoms with E-state index in [0.717, 1.165) is 0 Å². The average molecular weight is 144 g/mol. The minimum absolute atomic E-state index is 0.496. The maximum Gasteiger partial charge on any atom is 0.335 e. The minimum Gasteiger partial charge on any atom is -0.479 e. The van der Waals surface area contributed by atoms with E-state index in [1.807, 2.05) is 6.92 Å². The van der Waals surface area contributed by atoms with Crippen molar-refractivity contribution >= 4 is 5.97 Å². The Morgan fingerprint density at radius 2 is 2.20 bits per heavy atom. The molecule has 0 spiro atoms. The molecule has 0 heterocycles. The summed E-state index contributed by atoms with van der Waals surface area (Å²) in [4.78, 5) is 10.6. The highest BCUT2D eigenvalue weighted by molar-refractivity contribution is 5.78. The normalized spacial score (nSPS) is 38.8. The number of aliphatic carboxylic acids is 1. The van der Waals surface area contributed by atoms with Gasteiger partial charge < -0.3 is 9.84 Å². The molecule has 0 amide bonds. The van der Waals surface area contributed by atoms with E-state index < -0.39 is 11.6 Å². The molecule has 58 valence electrons. The van der Waals surface area contributed by atoms with Crippen LogP contribution in [0.4, 0.5) is 0 Å². The summed E-state index contributed by atoms with van der Waals surface area (Å²) >= 11 is 0. The Labute approximate surface area is 60.0 Å². The van der Waals surface area contributed by atoms with Crippen molar-refractivity contribution in [3.05, 3.63) is 0 Å². The first kappa shape index (κ1) is 7.54. The Kier molecular flexibility index (Phi) is 1.68.